The highest BCUT2D eigenvalue weighted by Crippen LogP contribution is 2.23. The van der Waals surface area contributed by atoms with E-state index in [4.69, 9.17) is 9.47 Å². The van der Waals surface area contributed by atoms with E-state index in [9.17, 15) is 0 Å². The van der Waals surface area contributed by atoms with Gasteiger partial charge in [0.2, 0.25) is 0 Å². The van der Waals surface area contributed by atoms with Crippen LogP contribution in [-0.4, -0.2) is 20.3 Å². The van der Waals surface area contributed by atoms with Gasteiger partial charge in [0, 0.05) is 16.7 Å². The lowest BCUT2D eigenvalue weighted by Gasteiger charge is -2.11. The zero-order valence-corrected chi connectivity index (χ0v) is 13.2. The Hall–Kier alpha value is -1.68. The molecule has 0 spiro atoms. The van der Waals surface area contributed by atoms with Crippen molar-refractivity contribution in [2.24, 2.45) is 0 Å². The Kier molecular flexibility index (Phi) is 5.30. The Labute approximate surface area is 128 Å². The number of benzene rings is 2. The largest absolute Gasteiger partial charge is 0.497 e. The normalized spacial score (nSPS) is 10.2. The second kappa shape index (κ2) is 7.20. The summed E-state index contributed by atoms with van der Waals surface area (Å²) in [7, 11) is 1.65. The molecular formula is C16H18BrNO2. The minimum Gasteiger partial charge on any atom is -0.497 e. The first-order valence-corrected chi connectivity index (χ1v) is 7.26. The lowest BCUT2D eigenvalue weighted by molar-refractivity contribution is 0.331. The number of anilines is 1. The van der Waals surface area contributed by atoms with Gasteiger partial charge in [-0.05, 0) is 48.9 Å². The molecule has 0 unspecified atom stereocenters. The van der Waals surface area contributed by atoms with E-state index in [-0.39, 0.29) is 0 Å². The molecule has 0 aromatic heterocycles. The fourth-order valence-corrected chi connectivity index (χ4v) is 2.19. The van der Waals surface area contributed by atoms with Crippen molar-refractivity contribution in [3.8, 4) is 11.5 Å². The highest BCUT2D eigenvalue weighted by atomic mass is 79.9. The molecule has 2 aromatic rings. The van der Waals surface area contributed by atoms with Crippen LogP contribution in [0.15, 0.2) is 46.9 Å². The van der Waals surface area contributed by atoms with Crippen LogP contribution in [0, 0.1) is 6.92 Å². The summed E-state index contributed by atoms with van der Waals surface area (Å²) in [5, 5.41) is 3.37. The number of hydrogen-bond donors (Lipinski definition) is 1. The molecule has 0 aliphatic heterocycles. The smallest absolute Gasteiger partial charge is 0.119 e. The Balaban J connectivity index is 1.80. The maximum absolute atomic E-state index is 5.67. The predicted molar refractivity (Wildman–Crippen MR) is 85.9 cm³/mol. The number of ether oxygens (including phenoxy) is 2. The van der Waals surface area contributed by atoms with E-state index >= 15 is 0 Å². The maximum Gasteiger partial charge on any atom is 0.119 e. The topological polar surface area (TPSA) is 30.5 Å². The molecular weight excluding hydrogens is 318 g/mol. The minimum atomic E-state index is 0.609. The van der Waals surface area contributed by atoms with Crippen molar-refractivity contribution >= 4 is 21.6 Å². The van der Waals surface area contributed by atoms with Crippen molar-refractivity contribution in [1.29, 1.82) is 0 Å². The summed E-state index contributed by atoms with van der Waals surface area (Å²) in [6.07, 6.45) is 0. The van der Waals surface area contributed by atoms with Crippen LogP contribution in [0.5, 0.6) is 11.5 Å². The van der Waals surface area contributed by atoms with Crippen LogP contribution < -0.4 is 14.8 Å². The van der Waals surface area contributed by atoms with Crippen LogP contribution in [0.4, 0.5) is 5.69 Å². The first-order valence-electron chi connectivity index (χ1n) is 6.46. The molecule has 0 aliphatic carbocycles. The van der Waals surface area contributed by atoms with Gasteiger partial charge in [-0.1, -0.05) is 22.0 Å². The van der Waals surface area contributed by atoms with Crippen LogP contribution >= 0.6 is 15.9 Å². The van der Waals surface area contributed by atoms with Crippen LogP contribution in [0.25, 0.3) is 0 Å². The SMILES string of the molecule is COc1ccc(OCCNc2cccc(Br)c2C)cc1. The van der Waals surface area contributed by atoms with Gasteiger partial charge in [0.15, 0.2) is 0 Å². The molecule has 0 atom stereocenters. The van der Waals surface area contributed by atoms with E-state index in [1.54, 1.807) is 7.11 Å². The Morgan fingerprint density at radius 2 is 1.75 bits per heavy atom. The molecule has 0 radical (unpaired) electrons. The number of methoxy groups -OCH3 is 1. The number of rotatable bonds is 6. The highest BCUT2D eigenvalue weighted by Gasteiger charge is 2.01. The van der Waals surface area contributed by atoms with Crippen LogP contribution in [-0.2, 0) is 0 Å². The lowest BCUT2D eigenvalue weighted by atomic mass is 10.2. The molecule has 1 N–H and O–H groups in total. The zero-order chi connectivity index (χ0) is 14.4. The molecule has 2 rings (SSSR count). The predicted octanol–water partition coefficient (Wildman–Crippen LogP) is 4.26. The van der Waals surface area contributed by atoms with Crippen molar-refractivity contribution in [2.75, 3.05) is 25.6 Å². The Morgan fingerprint density at radius 1 is 1.05 bits per heavy atom. The molecule has 2 aromatic carbocycles. The Morgan fingerprint density at radius 3 is 2.45 bits per heavy atom. The zero-order valence-electron chi connectivity index (χ0n) is 11.7. The van der Waals surface area contributed by atoms with Crippen LogP contribution in [0.1, 0.15) is 5.56 Å². The van der Waals surface area contributed by atoms with Gasteiger partial charge in [-0.3, -0.25) is 0 Å². The molecule has 0 bridgehead atoms. The van der Waals surface area contributed by atoms with Gasteiger partial charge < -0.3 is 14.8 Å². The summed E-state index contributed by atoms with van der Waals surface area (Å²) < 4.78 is 11.9. The van der Waals surface area contributed by atoms with Crippen molar-refractivity contribution in [1.82, 2.24) is 0 Å². The Bertz CT molecular complexity index is 555. The minimum absolute atomic E-state index is 0.609. The molecule has 0 saturated heterocycles. The van der Waals surface area contributed by atoms with Crippen LogP contribution in [0.3, 0.4) is 0 Å². The molecule has 0 amide bonds. The van der Waals surface area contributed by atoms with Crippen molar-refractivity contribution in [3.63, 3.8) is 0 Å². The molecule has 4 heteroatoms. The van der Waals surface area contributed by atoms with Gasteiger partial charge in [0.25, 0.3) is 0 Å². The summed E-state index contributed by atoms with van der Waals surface area (Å²) in [5.74, 6) is 1.68. The summed E-state index contributed by atoms with van der Waals surface area (Å²) in [4.78, 5) is 0. The van der Waals surface area contributed by atoms with Crippen molar-refractivity contribution < 1.29 is 9.47 Å². The number of hydrogen-bond acceptors (Lipinski definition) is 3. The molecule has 106 valence electrons. The van der Waals surface area contributed by atoms with E-state index in [2.05, 4.69) is 34.2 Å². The van der Waals surface area contributed by atoms with Gasteiger partial charge in [-0.15, -0.1) is 0 Å². The molecule has 0 aliphatic rings. The average molecular weight is 336 g/mol. The second-order valence-electron chi connectivity index (χ2n) is 4.36. The summed E-state index contributed by atoms with van der Waals surface area (Å²) in [5.41, 5.74) is 2.33. The van der Waals surface area contributed by atoms with E-state index in [1.807, 2.05) is 36.4 Å². The van der Waals surface area contributed by atoms with Gasteiger partial charge >= 0.3 is 0 Å². The van der Waals surface area contributed by atoms with E-state index in [1.165, 1.54) is 5.56 Å². The number of halogens is 1. The third kappa shape index (κ3) is 3.90. The first-order chi connectivity index (χ1) is 9.70. The van der Waals surface area contributed by atoms with Gasteiger partial charge in [0.05, 0.1) is 7.11 Å². The molecule has 0 saturated carbocycles. The molecule has 0 fully saturated rings. The second-order valence-corrected chi connectivity index (χ2v) is 5.22. The van der Waals surface area contributed by atoms with Gasteiger partial charge in [0.1, 0.15) is 18.1 Å². The van der Waals surface area contributed by atoms with Gasteiger partial charge in [-0.2, -0.15) is 0 Å². The van der Waals surface area contributed by atoms with Crippen LogP contribution in [0.2, 0.25) is 0 Å². The van der Waals surface area contributed by atoms with E-state index < -0.39 is 0 Å². The average Bonchev–Trinajstić information content (AvgIpc) is 2.48. The quantitative estimate of drug-likeness (QED) is 0.800. The van der Waals surface area contributed by atoms with Crippen molar-refractivity contribution in [2.45, 2.75) is 6.92 Å². The summed E-state index contributed by atoms with van der Waals surface area (Å²) >= 11 is 3.52. The first kappa shape index (κ1) is 14.7. The fraction of sp³-hybridized carbons (Fsp3) is 0.250. The van der Waals surface area contributed by atoms with Crippen molar-refractivity contribution in [3.05, 3.63) is 52.5 Å². The van der Waals surface area contributed by atoms with E-state index in [0.29, 0.717) is 6.61 Å². The van der Waals surface area contributed by atoms with E-state index in [0.717, 1.165) is 28.2 Å². The molecule has 0 heterocycles. The number of nitrogens with one attached hydrogen (secondary N) is 1. The standard InChI is InChI=1S/C16H18BrNO2/c1-12-15(17)4-3-5-16(12)18-10-11-20-14-8-6-13(19-2)7-9-14/h3-9,18H,10-11H2,1-2H3. The fourth-order valence-electron chi connectivity index (χ4n) is 1.83. The van der Waals surface area contributed by atoms with Gasteiger partial charge in [-0.25, -0.2) is 0 Å². The monoisotopic (exact) mass is 335 g/mol. The maximum atomic E-state index is 5.67. The summed E-state index contributed by atoms with van der Waals surface area (Å²) in [6.45, 7) is 3.44. The molecule has 3 nitrogen and oxygen atoms in total. The highest BCUT2D eigenvalue weighted by molar-refractivity contribution is 9.10. The lowest BCUT2D eigenvalue weighted by Crippen LogP contribution is -2.12. The third-order valence-electron chi connectivity index (χ3n) is 3.01. The summed E-state index contributed by atoms with van der Waals surface area (Å²) in [6, 6.07) is 13.7. The molecule has 20 heavy (non-hydrogen) atoms. The third-order valence-corrected chi connectivity index (χ3v) is 3.87.